The van der Waals surface area contributed by atoms with Crippen LogP contribution in [0.15, 0.2) is 42.6 Å². The Morgan fingerprint density at radius 2 is 1.87 bits per heavy atom. The molecular weight excluding hydrogens is 513 g/mol. The predicted molar refractivity (Wildman–Crippen MR) is 141 cm³/mol. The molecule has 2 aromatic heterocycles. The van der Waals surface area contributed by atoms with E-state index in [1.54, 1.807) is 29.2 Å². The first-order chi connectivity index (χ1) is 18.0. The van der Waals surface area contributed by atoms with Crippen LogP contribution in [0.4, 0.5) is 9.18 Å². The molecule has 1 aromatic carbocycles. The van der Waals surface area contributed by atoms with Gasteiger partial charge in [-0.05, 0) is 63.4 Å². The molecule has 0 aliphatic carbocycles. The van der Waals surface area contributed by atoms with Gasteiger partial charge in [-0.25, -0.2) is 14.2 Å². The van der Waals surface area contributed by atoms with Gasteiger partial charge in [0, 0.05) is 30.9 Å². The lowest BCUT2D eigenvalue weighted by Gasteiger charge is -2.34. The summed E-state index contributed by atoms with van der Waals surface area (Å²) in [5.74, 6) is -1.22. The molecule has 0 bridgehead atoms. The largest absolute Gasteiger partial charge is 0.444 e. The number of hydrogen-bond acceptors (Lipinski definition) is 5. The van der Waals surface area contributed by atoms with E-state index in [1.807, 2.05) is 20.8 Å². The number of carbonyl (C=O) groups is 3. The van der Waals surface area contributed by atoms with Crippen molar-refractivity contribution in [1.82, 2.24) is 25.5 Å². The van der Waals surface area contributed by atoms with Crippen LogP contribution in [0.2, 0.25) is 5.15 Å². The van der Waals surface area contributed by atoms with E-state index in [0.29, 0.717) is 47.6 Å². The number of amides is 3. The molecule has 11 heteroatoms. The number of pyridine rings is 1. The maximum Gasteiger partial charge on any atom is 0.410 e. The highest BCUT2D eigenvalue weighted by Gasteiger charge is 2.30. The monoisotopic (exact) mass is 543 g/mol. The van der Waals surface area contributed by atoms with E-state index >= 15 is 0 Å². The zero-order valence-corrected chi connectivity index (χ0v) is 22.3. The van der Waals surface area contributed by atoms with E-state index < -0.39 is 17.6 Å². The quantitative estimate of drug-likeness (QED) is 0.403. The number of halogens is 2. The van der Waals surface area contributed by atoms with Gasteiger partial charge >= 0.3 is 6.09 Å². The average Bonchev–Trinajstić information content (AvgIpc) is 3.27. The number of ether oxygens (including phenoxy) is 1. The van der Waals surface area contributed by atoms with E-state index in [0.717, 1.165) is 0 Å². The Morgan fingerprint density at radius 1 is 1.18 bits per heavy atom. The fraction of sp³-hybridized carbons (Fsp3) is 0.407. The summed E-state index contributed by atoms with van der Waals surface area (Å²) in [6, 6.07) is 7.98. The molecule has 0 unspecified atom stereocenters. The van der Waals surface area contributed by atoms with E-state index in [4.69, 9.17) is 16.3 Å². The molecule has 4 rings (SSSR count). The number of rotatable bonds is 6. The van der Waals surface area contributed by atoms with E-state index in [9.17, 15) is 18.8 Å². The summed E-state index contributed by atoms with van der Waals surface area (Å²) in [5.41, 5.74) is 1.00. The molecule has 38 heavy (non-hydrogen) atoms. The smallest absolute Gasteiger partial charge is 0.410 e. The van der Waals surface area contributed by atoms with Gasteiger partial charge in [0.25, 0.3) is 5.91 Å². The lowest BCUT2D eigenvalue weighted by Crippen LogP contribution is -2.53. The van der Waals surface area contributed by atoms with E-state index in [2.05, 4.69) is 20.6 Å². The summed E-state index contributed by atoms with van der Waals surface area (Å²) in [6.45, 7) is 6.33. The lowest BCUT2D eigenvalue weighted by molar-refractivity contribution is -0.124. The number of carbonyl (C=O) groups excluding carboxylic acids is 3. The number of benzene rings is 1. The second-order valence-electron chi connectivity index (χ2n) is 10.4. The number of aromatic amines is 1. The standard InChI is InChI=1S/C27H31ClFN5O4/c1-27(2,3)38-26(37)34-10-8-19(9-11-34)31-24(35)20(12-16-4-6-18(29)7-5-16)33-25(36)21-13-17-14-23(28)30-15-22(17)32-21/h4-7,13-15,19-20,32H,8-12H2,1-3H3,(H,31,35)(H,33,36)/t20-/m0/s1. The van der Waals surface area contributed by atoms with Crippen LogP contribution in [0.3, 0.4) is 0 Å². The Hall–Kier alpha value is -3.66. The van der Waals surface area contributed by atoms with E-state index in [1.165, 1.54) is 18.3 Å². The van der Waals surface area contributed by atoms with Gasteiger partial charge in [-0.3, -0.25) is 9.59 Å². The van der Waals surface area contributed by atoms with Crippen molar-refractivity contribution in [3.05, 3.63) is 64.8 Å². The fourth-order valence-electron chi connectivity index (χ4n) is 4.26. The Morgan fingerprint density at radius 3 is 2.53 bits per heavy atom. The zero-order valence-electron chi connectivity index (χ0n) is 21.5. The fourth-order valence-corrected chi connectivity index (χ4v) is 4.43. The van der Waals surface area contributed by atoms with Crippen molar-refractivity contribution < 1.29 is 23.5 Å². The molecule has 1 atom stereocenters. The summed E-state index contributed by atoms with van der Waals surface area (Å²) in [4.78, 5) is 47.4. The number of aromatic nitrogens is 2. The van der Waals surface area contributed by atoms with Crippen LogP contribution in [0.5, 0.6) is 0 Å². The molecule has 1 saturated heterocycles. The van der Waals surface area contributed by atoms with Crippen LogP contribution < -0.4 is 10.6 Å². The molecule has 3 aromatic rings. The first kappa shape index (κ1) is 27.4. The molecule has 3 amide bonds. The first-order valence-corrected chi connectivity index (χ1v) is 12.8. The van der Waals surface area contributed by atoms with E-state index in [-0.39, 0.29) is 36.0 Å². The Bertz CT molecular complexity index is 1310. The highest BCUT2D eigenvalue weighted by atomic mass is 35.5. The van der Waals surface area contributed by atoms with Crippen molar-refractivity contribution >= 4 is 40.4 Å². The van der Waals surface area contributed by atoms with Gasteiger partial charge in [0.2, 0.25) is 5.91 Å². The zero-order chi connectivity index (χ0) is 27.4. The highest BCUT2D eigenvalue weighted by molar-refractivity contribution is 6.30. The van der Waals surface area contributed by atoms with Gasteiger partial charge in [-0.15, -0.1) is 0 Å². The van der Waals surface area contributed by atoms with Crippen molar-refractivity contribution in [2.45, 2.75) is 57.7 Å². The van der Waals surface area contributed by atoms with Crippen molar-refractivity contribution in [3.63, 3.8) is 0 Å². The number of nitrogens with one attached hydrogen (secondary N) is 3. The number of H-pyrrole nitrogens is 1. The lowest BCUT2D eigenvalue weighted by atomic mass is 10.0. The molecule has 0 saturated carbocycles. The minimum Gasteiger partial charge on any atom is -0.444 e. The number of hydrogen-bond donors (Lipinski definition) is 3. The van der Waals surface area contributed by atoms with Gasteiger partial charge in [0.15, 0.2) is 0 Å². The van der Waals surface area contributed by atoms with Crippen LogP contribution in [-0.2, 0) is 16.0 Å². The minimum absolute atomic E-state index is 0.169. The summed E-state index contributed by atoms with van der Waals surface area (Å²) in [7, 11) is 0. The van der Waals surface area contributed by atoms with Crippen LogP contribution in [0.25, 0.3) is 10.9 Å². The molecule has 1 aliphatic rings. The van der Waals surface area contributed by atoms with Crippen molar-refractivity contribution in [1.29, 1.82) is 0 Å². The second kappa shape index (κ2) is 11.4. The number of nitrogens with zero attached hydrogens (tertiary/aromatic N) is 2. The normalized spacial score (nSPS) is 15.2. The van der Waals surface area contributed by atoms with Crippen LogP contribution in [-0.4, -0.2) is 63.5 Å². The van der Waals surface area contributed by atoms with Crippen molar-refractivity contribution in [2.75, 3.05) is 13.1 Å². The SMILES string of the molecule is CC(C)(C)OC(=O)N1CCC(NC(=O)[C@H](Cc2ccc(F)cc2)NC(=O)c2cc3cc(Cl)ncc3[nH]2)CC1. The Kier molecular flexibility index (Phi) is 8.20. The number of fused-ring (bicyclic) bond motifs is 1. The third-order valence-corrected chi connectivity index (χ3v) is 6.39. The maximum atomic E-state index is 13.4. The topological polar surface area (TPSA) is 116 Å². The highest BCUT2D eigenvalue weighted by Crippen LogP contribution is 2.19. The van der Waals surface area contributed by atoms with Gasteiger partial charge in [-0.1, -0.05) is 23.7 Å². The number of likely N-dealkylation sites (tertiary alicyclic amines) is 1. The molecule has 1 fully saturated rings. The molecule has 202 valence electrons. The third-order valence-electron chi connectivity index (χ3n) is 6.18. The molecule has 1 aliphatic heterocycles. The molecule has 0 spiro atoms. The molecule has 0 radical (unpaired) electrons. The average molecular weight is 544 g/mol. The van der Waals surface area contributed by atoms with Gasteiger partial charge in [0.1, 0.15) is 28.3 Å². The summed E-state index contributed by atoms with van der Waals surface area (Å²) >= 11 is 5.95. The molecule has 3 heterocycles. The van der Waals surface area contributed by atoms with Crippen LogP contribution in [0, 0.1) is 5.82 Å². The van der Waals surface area contributed by atoms with Gasteiger partial charge < -0.3 is 25.3 Å². The minimum atomic E-state index is -0.912. The summed E-state index contributed by atoms with van der Waals surface area (Å²) in [5, 5.41) is 6.82. The molecule has 3 N–H and O–H groups in total. The summed E-state index contributed by atoms with van der Waals surface area (Å²) in [6.07, 6.45) is 2.43. The summed E-state index contributed by atoms with van der Waals surface area (Å²) < 4.78 is 18.9. The number of piperidine rings is 1. The van der Waals surface area contributed by atoms with Crippen molar-refractivity contribution in [2.24, 2.45) is 0 Å². The first-order valence-electron chi connectivity index (χ1n) is 12.4. The van der Waals surface area contributed by atoms with Crippen LogP contribution in [0.1, 0.15) is 49.7 Å². The van der Waals surface area contributed by atoms with Gasteiger partial charge in [0.05, 0.1) is 11.7 Å². The third kappa shape index (κ3) is 7.22. The van der Waals surface area contributed by atoms with Crippen LogP contribution >= 0.6 is 11.6 Å². The van der Waals surface area contributed by atoms with Gasteiger partial charge in [-0.2, -0.15) is 0 Å². The second-order valence-corrected chi connectivity index (χ2v) is 10.8. The predicted octanol–water partition coefficient (Wildman–Crippen LogP) is 4.21. The maximum absolute atomic E-state index is 13.4. The molecule has 9 nitrogen and oxygen atoms in total. The Labute approximate surface area is 225 Å². The van der Waals surface area contributed by atoms with Crippen molar-refractivity contribution in [3.8, 4) is 0 Å². The Balaban J connectivity index is 1.43. The molecular formula is C27H31ClFN5O4.